The van der Waals surface area contributed by atoms with Crippen LogP contribution in [-0.4, -0.2) is 87.8 Å². The van der Waals surface area contributed by atoms with Crippen molar-refractivity contribution in [3.05, 3.63) is 77.6 Å². The maximum Gasteiger partial charge on any atom is 0.227 e. The lowest BCUT2D eigenvalue weighted by atomic mass is 10.0. The number of halogens is 1. The van der Waals surface area contributed by atoms with Gasteiger partial charge in [-0.1, -0.05) is 35.9 Å². The fourth-order valence-electron chi connectivity index (χ4n) is 5.62. The van der Waals surface area contributed by atoms with Crippen LogP contribution in [0.2, 0.25) is 5.02 Å². The lowest BCUT2D eigenvalue weighted by molar-refractivity contribution is 0.148. The van der Waals surface area contributed by atoms with Crippen LogP contribution in [0, 0.1) is 0 Å². The first-order valence-corrected chi connectivity index (χ1v) is 14.5. The molecule has 1 N–H and O–H groups in total. The Morgan fingerprint density at radius 1 is 0.850 bits per heavy atom. The van der Waals surface area contributed by atoms with Gasteiger partial charge in [0, 0.05) is 60.8 Å². The third-order valence-corrected chi connectivity index (χ3v) is 8.34. The predicted molar refractivity (Wildman–Crippen MR) is 162 cm³/mol. The van der Waals surface area contributed by atoms with E-state index < -0.39 is 0 Å². The molecule has 6 rings (SSSR count). The molecule has 0 aliphatic carbocycles. The van der Waals surface area contributed by atoms with Gasteiger partial charge < -0.3 is 15.1 Å². The molecule has 0 atom stereocenters. The Morgan fingerprint density at radius 3 is 2.27 bits per heavy atom. The van der Waals surface area contributed by atoms with E-state index in [4.69, 9.17) is 21.7 Å². The van der Waals surface area contributed by atoms with E-state index in [-0.39, 0.29) is 0 Å². The number of anilines is 2. The summed E-state index contributed by atoms with van der Waals surface area (Å²) in [6.07, 6.45) is 5.89. The summed E-state index contributed by atoms with van der Waals surface area (Å²) in [5.41, 5.74) is 6.28. The maximum atomic E-state index is 6.23. The van der Waals surface area contributed by atoms with Crippen molar-refractivity contribution in [3.63, 3.8) is 0 Å². The van der Waals surface area contributed by atoms with Crippen LogP contribution >= 0.6 is 11.6 Å². The topological polar surface area (TPSA) is 65.4 Å². The van der Waals surface area contributed by atoms with E-state index in [0.717, 1.165) is 91.9 Å². The van der Waals surface area contributed by atoms with Crippen molar-refractivity contribution in [2.45, 2.75) is 25.4 Å². The number of likely N-dealkylation sites (tertiary alicyclic amines) is 1. The van der Waals surface area contributed by atoms with E-state index in [0.29, 0.717) is 12.0 Å². The van der Waals surface area contributed by atoms with Gasteiger partial charge in [0.15, 0.2) is 0 Å². The van der Waals surface area contributed by atoms with Crippen LogP contribution in [0.5, 0.6) is 0 Å². The number of piperidine rings is 1. The molecule has 0 amide bonds. The lowest BCUT2D eigenvalue weighted by Gasteiger charge is -2.32. The van der Waals surface area contributed by atoms with Gasteiger partial charge in [-0.3, -0.25) is 9.58 Å². The van der Waals surface area contributed by atoms with Gasteiger partial charge in [0.25, 0.3) is 0 Å². The average molecular weight is 557 g/mol. The number of aromatic nitrogens is 4. The van der Waals surface area contributed by atoms with Crippen molar-refractivity contribution < 1.29 is 0 Å². The van der Waals surface area contributed by atoms with Crippen molar-refractivity contribution in [1.29, 1.82) is 0 Å². The van der Waals surface area contributed by atoms with Crippen LogP contribution in [0.25, 0.3) is 22.5 Å². The van der Waals surface area contributed by atoms with Gasteiger partial charge in [0.05, 0.1) is 23.6 Å². The van der Waals surface area contributed by atoms with Gasteiger partial charge in [0.2, 0.25) is 5.95 Å². The maximum absolute atomic E-state index is 6.23. The molecule has 0 bridgehead atoms. The summed E-state index contributed by atoms with van der Waals surface area (Å²) in [5, 5.41) is 9.01. The summed E-state index contributed by atoms with van der Waals surface area (Å²) in [7, 11) is 4.37. The highest BCUT2D eigenvalue weighted by molar-refractivity contribution is 6.30. The summed E-state index contributed by atoms with van der Waals surface area (Å²) >= 11 is 6.23. The second kappa shape index (κ2) is 12.1. The number of benzene rings is 2. The first kappa shape index (κ1) is 26.9. The van der Waals surface area contributed by atoms with Crippen LogP contribution < -0.4 is 5.32 Å². The first-order valence-electron chi connectivity index (χ1n) is 14.1. The van der Waals surface area contributed by atoms with Crippen LogP contribution in [0.4, 0.5) is 11.6 Å². The SMILES string of the molecule is CN1CCC(n2ncc(-c3ccnc(Nc4ccc(CN5CCN(C)CC5)cc4)n3)c2-c2ccc(Cl)cc2)CC1. The molecular formula is C31H37ClN8. The molecule has 2 aliphatic heterocycles. The van der Waals surface area contributed by atoms with E-state index in [9.17, 15) is 0 Å². The fourth-order valence-corrected chi connectivity index (χ4v) is 5.74. The smallest absolute Gasteiger partial charge is 0.227 e. The minimum Gasteiger partial charge on any atom is -0.324 e. The highest BCUT2D eigenvalue weighted by atomic mass is 35.5. The van der Waals surface area contributed by atoms with Crippen molar-refractivity contribution in [2.24, 2.45) is 0 Å². The third-order valence-electron chi connectivity index (χ3n) is 8.09. The van der Waals surface area contributed by atoms with Gasteiger partial charge in [-0.05, 0) is 75.9 Å². The zero-order valence-corrected chi connectivity index (χ0v) is 24.1. The van der Waals surface area contributed by atoms with Crippen LogP contribution in [0.3, 0.4) is 0 Å². The summed E-state index contributed by atoms with van der Waals surface area (Å²) in [5.74, 6) is 0.568. The quantitative estimate of drug-likeness (QED) is 0.326. The highest BCUT2D eigenvalue weighted by Crippen LogP contribution is 2.36. The van der Waals surface area contributed by atoms with Crippen molar-refractivity contribution in [2.75, 3.05) is 58.7 Å². The molecule has 0 saturated carbocycles. The van der Waals surface area contributed by atoms with E-state index in [2.05, 4.69) is 80.2 Å². The van der Waals surface area contributed by atoms with E-state index in [1.165, 1.54) is 5.56 Å². The molecule has 2 fully saturated rings. The van der Waals surface area contributed by atoms with E-state index in [1.807, 2.05) is 30.6 Å². The number of nitrogens with zero attached hydrogens (tertiary/aromatic N) is 7. The van der Waals surface area contributed by atoms with Gasteiger partial charge in [-0.15, -0.1) is 0 Å². The van der Waals surface area contributed by atoms with Crippen LogP contribution in [0.15, 0.2) is 67.0 Å². The Bertz CT molecular complexity index is 1400. The predicted octanol–water partition coefficient (Wildman–Crippen LogP) is 5.42. The summed E-state index contributed by atoms with van der Waals surface area (Å²) in [4.78, 5) is 16.7. The Labute approximate surface area is 241 Å². The largest absolute Gasteiger partial charge is 0.324 e. The average Bonchev–Trinajstić information content (AvgIpc) is 3.42. The fraction of sp³-hybridized carbons (Fsp3) is 0.387. The minimum atomic E-state index is 0.347. The van der Waals surface area contributed by atoms with Gasteiger partial charge in [-0.2, -0.15) is 5.10 Å². The lowest BCUT2D eigenvalue weighted by Crippen LogP contribution is -2.43. The van der Waals surface area contributed by atoms with Crippen LogP contribution in [0.1, 0.15) is 24.4 Å². The molecular weight excluding hydrogens is 520 g/mol. The molecule has 9 heteroatoms. The molecule has 40 heavy (non-hydrogen) atoms. The Hall–Kier alpha value is -3.30. The number of hydrogen-bond acceptors (Lipinski definition) is 7. The van der Waals surface area contributed by atoms with Crippen molar-refractivity contribution in [3.8, 4) is 22.5 Å². The zero-order chi connectivity index (χ0) is 27.5. The summed E-state index contributed by atoms with van der Waals surface area (Å²) < 4.78 is 2.19. The number of likely N-dealkylation sites (N-methyl/N-ethyl adjacent to an activating group) is 1. The second-order valence-corrected chi connectivity index (χ2v) is 11.5. The Balaban J connectivity index is 1.23. The summed E-state index contributed by atoms with van der Waals surface area (Å²) in [6.45, 7) is 7.60. The molecule has 0 spiro atoms. The zero-order valence-electron chi connectivity index (χ0n) is 23.3. The molecule has 8 nitrogen and oxygen atoms in total. The molecule has 208 valence electrons. The molecule has 4 aromatic rings. The third kappa shape index (κ3) is 6.20. The monoisotopic (exact) mass is 556 g/mol. The van der Waals surface area contributed by atoms with E-state index >= 15 is 0 Å². The Morgan fingerprint density at radius 2 is 1.55 bits per heavy atom. The minimum absolute atomic E-state index is 0.347. The molecule has 0 radical (unpaired) electrons. The Kier molecular flexibility index (Phi) is 8.11. The van der Waals surface area contributed by atoms with Crippen molar-refractivity contribution >= 4 is 23.2 Å². The summed E-state index contributed by atoms with van der Waals surface area (Å²) in [6, 6.07) is 18.9. The van der Waals surface area contributed by atoms with Crippen molar-refractivity contribution in [1.82, 2.24) is 34.4 Å². The molecule has 2 saturated heterocycles. The molecule has 4 heterocycles. The first-order chi connectivity index (χ1) is 19.5. The van der Waals surface area contributed by atoms with Gasteiger partial charge in [-0.25, -0.2) is 9.97 Å². The molecule has 2 aromatic carbocycles. The normalized spacial score (nSPS) is 17.8. The van der Waals surface area contributed by atoms with Crippen LogP contribution in [-0.2, 0) is 6.54 Å². The molecule has 0 unspecified atom stereocenters. The van der Waals surface area contributed by atoms with Gasteiger partial charge >= 0.3 is 0 Å². The highest BCUT2D eigenvalue weighted by Gasteiger charge is 2.25. The number of rotatable bonds is 7. The number of hydrogen-bond donors (Lipinski definition) is 1. The van der Waals surface area contributed by atoms with Gasteiger partial charge in [0.1, 0.15) is 0 Å². The second-order valence-electron chi connectivity index (χ2n) is 11.1. The molecule has 2 aliphatic rings. The standard InChI is InChI=1S/C31H37ClN8/c1-37-15-12-27(13-16-37)40-30(24-5-7-25(32)8-6-24)28(21-34-40)29-11-14-33-31(36-29)35-26-9-3-23(4-10-26)22-39-19-17-38(2)18-20-39/h3-11,14,21,27H,12-13,15-20,22H2,1-2H3,(H,33,35,36). The number of piperazine rings is 1. The molecule has 2 aromatic heterocycles. The number of nitrogens with one attached hydrogen (secondary N) is 1. The van der Waals surface area contributed by atoms with E-state index in [1.54, 1.807) is 0 Å².